The molecule has 130 valence electrons. The number of hydrogen-bond acceptors (Lipinski definition) is 5. The first-order chi connectivity index (χ1) is 11.6. The second-order valence-electron chi connectivity index (χ2n) is 5.90. The first kappa shape index (κ1) is 16.5. The van der Waals surface area contributed by atoms with Gasteiger partial charge in [-0.3, -0.25) is 0 Å². The number of nitrogens with zero attached hydrogens (tertiary/aromatic N) is 4. The quantitative estimate of drug-likeness (QED) is 0.925. The molecule has 8 heteroatoms. The van der Waals surface area contributed by atoms with Crippen molar-refractivity contribution in [3.63, 3.8) is 0 Å². The van der Waals surface area contributed by atoms with Crippen molar-refractivity contribution in [3.8, 4) is 0 Å². The van der Waals surface area contributed by atoms with Gasteiger partial charge in [0.25, 0.3) is 0 Å². The molecule has 0 aromatic carbocycles. The number of furan rings is 1. The molecule has 3 heterocycles. The Morgan fingerprint density at radius 2 is 2.33 bits per heavy atom. The van der Waals surface area contributed by atoms with Gasteiger partial charge in [-0.25, -0.2) is 4.79 Å². The second kappa shape index (κ2) is 7.04. The number of morpholine rings is 1. The van der Waals surface area contributed by atoms with Crippen molar-refractivity contribution in [2.24, 2.45) is 0 Å². The zero-order valence-corrected chi connectivity index (χ0v) is 14.2. The Kier molecular flexibility index (Phi) is 4.84. The van der Waals surface area contributed by atoms with Crippen molar-refractivity contribution in [2.75, 3.05) is 19.7 Å². The first-order valence-electron chi connectivity index (χ1n) is 8.19. The van der Waals surface area contributed by atoms with Crippen LogP contribution in [-0.4, -0.2) is 45.4 Å². The van der Waals surface area contributed by atoms with Gasteiger partial charge in [0, 0.05) is 13.1 Å². The topological polar surface area (TPSA) is 85.4 Å². The lowest BCUT2D eigenvalue weighted by molar-refractivity contribution is -0.0221. The number of amides is 2. The molecule has 0 aliphatic carbocycles. The van der Waals surface area contributed by atoms with E-state index in [9.17, 15) is 4.79 Å². The molecule has 2 aromatic heterocycles. The molecule has 2 aromatic rings. The van der Waals surface area contributed by atoms with Crippen molar-refractivity contribution < 1.29 is 13.9 Å². The van der Waals surface area contributed by atoms with Crippen LogP contribution in [0.15, 0.2) is 22.9 Å². The van der Waals surface area contributed by atoms with E-state index in [-0.39, 0.29) is 18.2 Å². The van der Waals surface area contributed by atoms with Crippen LogP contribution in [0, 0.1) is 6.92 Å². The molecule has 2 amide bonds. The lowest BCUT2D eigenvalue weighted by atomic mass is 10.2. The summed E-state index contributed by atoms with van der Waals surface area (Å²) in [4.78, 5) is 14.3. The van der Waals surface area contributed by atoms with E-state index < -0.39 is 0 Å². The molecule has 0 bridgehead atoms. The molecule has 2 atom stereocenters. The average Bonchev–Trinajstić information content (AvgIpc) is 3.23. The first-order valence-corrected chi connectivity index (χ1v) is 8.19. The fourth-order valence-electron chi connectivity index (χ4n) is 2.78. The standard InChI is InChI=1S/C16H23N5O3/c1-4-20-10-17-19-15(20)14-9-21(7-8-23-14)16(22)18-12(3)13-6-5-11(2)24-13/h5-6,10,12,14H,4,7-9H2,1-3H3,(H,18,22). The summed E-state index contributed by atoms with van der Waals surface area (Å²) in [7, 11) is 0. The van der Waals surface area contributed by atoms with Crippen LogP contribution in [0.4, 0.5) is 4.79 Å². The van der Waals surface area contributed by atoms with Crippen molar-refractivity contribution in [1.82, 2.24) is 25.0 Å². The Labute approximate surface area is 140 Å². The van der Waals surface area contributed by atoms with Gasteiger partial charge >= 0.3 is 6.03 Å². The average molecular weight is 333 g/mol. The Hall–Kier alpha value is -2.35. The number of aryl methyl sites for hydroxylation is 2. The van der Waals surface area contributed by atoms with Crippen LogP contribution in [0.3, 0.4) is 0 Å². The van der Waals surface area contributed by atoms with Gasteiger partial charge in [0.1, 0.15) is 24.0 Å². The van der Waals surface area contributed by atoms with Crippen molar-refractivity contribution in [2.45, 2.75) is 39.5 Å². The minimum atomic E-state index is -0.256. The molecule has 1 aliphatic rings. The molecule has 1 saturated heterocycles. The van der Waals surface area contributed by atoms with Gasteiger partial charge in [-0.2, -0.15) is 0 Å². The largest absolute Gasteiger partial charge is 0.464 e. The van der Waals surface area contributed by atoms with Gasteiger partial charge in [-0.1, -0.05) is 0 Å². The molecule has 24 heavy (non-hydrogen) atoms. The third-order valence-electron chi connectivity index (χ3n) is 4.16. The van der Waals surface area contributed by atoms with E-state index in [1.165, 1.54) is 0 Å². The van der Waals surface area contributed by atoms with E-state index in [0.717, 1.165) is 23.9 Å². The van der Waals surface area contributed by atoms with Crippen LogP contribution in [0.1, 0.15) is 43.3 Å². The Morgan fingerprint density at radius 1 is 1.50 bits per heavy atom. The van der Waals surface area contributed by atoms with Gasteiger partial charge in [-0.15, -0.1) is 10.2 Å². The number of hydrogen-bond donors (Lipinski definition) is 1. The number of nitrogens with one attached hydrogen (secondary N) is 1. The summed E-state index contributed by atoms with van der Waals surface area (Å²) in [6, 6.07) is 3.45. The summed E-state index contributed by atoms with van der Waals surface area (Å²) in [5.41, 5.74) is 0. The van der Waals surface area contributed by atoms with Gasteiger partial charge in [0.05, 0.1) is 19.2 Å². The van der Waals surface area contributed by atoms with E-state index in [4.69, 9.17) is 9.15 Å². The molecular formula is C16H23N5O3. The van der Waals surface area contributed by atoms with Crippen LogP contribution in [0.2, 0.25) is 0 Å². The van der Waals surface area contributed by atoms with Crippen LogP contribution in [0.5, 0.6) is 0 Å². The van der Waals surface area contributed by atoms with Gasteiger partial charge in [0.15, 0.2) is 5.82 Å². The Morgan fingerprint density at radius 3 is 3.04 bits per heavy atom. The zero-order chi connectivity index (χ0) is 17.1. The van der Waals surface area contributed by atoms with Gasteiger partial charge in [0.2, 0.25) is 0 Å². The van der Waals surface area contributed by atoms with Crippen LogP contribution in [0.25, 0.3) is 0 Å². The summed E-state index contributed by atoms with van der Waals surface area (Å²) in [6.07, 6.45) is 1.42. The third-order valence-corrected chi connectivity index (χ3v) is 4.16. The minimum Gasteiger partial charge on any atom is -0.464 e. The normalized spacial score (nSPS) is 19.3. The monoisotopic (exact) mass is 333 g/mol. The van der Waals surface area contributed by atoms with E-state index in [0.29, 0.717) is 19.7 Å². The number of carbonyl (C=O) groups excluding carboxylic acids is 1. The van der Waals surface area contributed by atoms with Gasteiger partial charge in [-0.05, 0) is 32.9 Å². The predicted molar refractivity (Wildman–Crippen MR) is 86.4 cm³/mol. The summed E-state index contributed by atoms with van der Waals surface area (Å²) in [6.45, 7) is 8.05. The van der Waals surface area contributed by atoms with Gasteiger partial charge < -0.3 is 23.9 Å². The van der Waals surface area contributed by atoms with Crippen LogP contribution >= 0.6 is 0 Å². The van der Waals surface area contributed by atoms with E-state index >= 15 is 0 Å². The molecule has 0 saturated carbocycles. The molecule has 8 nitrogen and oxygen atoms in total. The molecule has 3 rings (SSSR count). The second-order valence-corrected chi connectivity index (χ2v) is 5.90. The lowest BCUT2D eigenvalue weighted by Crippen LogP contribution is -2.48. The van der Waals surface area contributed by atoms with Crippen LogP contribution in [-0.2, 0) is 11.3 Å². The summed E-state index contributed by atoms with van der Waals surface area (Å²) >= 11 is 0. The molecule has 1 fully saturated rings. The fraction of sp³-hybridized carbons (Fsp3) is 0.562. The maximum Gasteiger partial charge on any atom is 0.318 e. The molecule has 0 radical (unpaired) electrons. The van der Waals surface area contributed by atoms with Crippen molar-refractivity contribution in [3.05, 3.63) is 35.8 Å². The smallest absolute Gasteiger partial charge is 0.318 e. The maximum atomic E-state index is 12.5. The third kappa shape index (κ3) is 3.43. The summed E-state index contributed by atoms with van der Waals surface area (Å²) < 4.78 is 13.3. The highest BCUT2D eigenvalue weighted by atomic mass is 16.5. The molecule has 0 spiro atoms. The molecule has 1 N–H and O–H groups in total. The molecule has 1 aliphatic heterocycles. The Bertz CT molecular complexity index is 695. The fourth-order valence-corrected chi connectivity index (χ4v) is 2.78. The molecule has 2 unspecified atom stereocenters. The van der Waals surface area contributed by atoms with E-state index in [1.807, 2.05) is 37.5 Å². The lowest BCUT2D eigenvalue weighted by Gasteiger charge is -2.33. The number of rotatable bonds is 4. The summed E-state index contributed by atoms with van der Waals surface area (Å²) in [5.74, 6) is 2.33. The highest BCUT2D eigenvalue weighted by Crippen LogP contribution is 2.21. The highest BCUT2D eigenvalue weighted by molar-refractivity contribution is 5.74. The van der Waals surface area contributed by atoms with Crippen molar-refractivity contribution in [1.29, 1.82) is 0 Å². The van der Waals surface area contributed by atoms with Crippen molar-refractivity contribution >= 4 is 6.03 Å². The number of carbonyl (C=O) groups is 1. The van der Waals surface area contributed by atoms with E-state index in [2.05, 4.69) is 15.5 Å². The highest BCUT2D eigenvalue weighted by Gasteiger charge is 2.29. The van der Waals surface area contributed by atoms with Crippen LogP contribution < -0.4 is 5.32 Å². The number of ether oxygens (including phenoxy) is 1. The SMILES string of the molecule is CCn1cnnc1C1CN(C(=O)NC(C)c2ccc(C)o2)CCO1. The zero-order valence-electron chi connectivity index (χ0n) is 14.2. The van der Waals surface area contributed by atoms with E-state index in [1.54, 1.807) is 11.2 Å². The predicted octanol–water partition coefficient (Wildman–Crippen LogP) is 2.04. The number of urea groups is 1. The minimum absolute atomic E-state index is 0.132. The Balaban J connectivity index is 1.63. The summed E-state index contributed by atoms with van der Waals surface area (Å²) in [5, 5.41) is 11.0. The molecular weight excluding hydrogens is 310 g/mol. The maximum absolute atomic E-state index is 12.5. The number of aromatic nitrogens is 3.